The second kappa shape index (κ2) is 9.98. The lowest BCUT2D eigenvalue weighted by molar-refractivity contribution is 0.797. The van der Waals surface area contributed by atoms with Crippen LogP contribution in [0.15, 0.2) is 47.0 Å². The number of halogens is 2. The molecule has 0 bridgehead atoms. The Morgan fingerprint density at radius 2 is 2.16 bits per heavy atom. The molecule has 0 fully saturated rings. The lowest BCUT2D eigenvalue weighted by atomic mass is 10.1. The van der Waals surface area contributed by atoms with E-state index in [1.807, 2.05) is 46.4 Å². The summed E-state index contributed by atoms with van der Waals surface area (Å²) >= 11 is 7.81. The van der Waals surface area contributed by atoms with Gasteiger partial charge >= 0.3 is 0 Å². The number of fused-ring (bicyclic) bond motifs is 1. The summed E-state index contributed by atoms with van der Waals surface area (Å²) in [5.74, 6) is 0.793. The number of imidazole rings is 1. The van der Waals surface area contributed by atoms with Crippen LogP contribution in [0.2, 0.25) is 5.02 Å². The van der Waals surface area contributed by atoms with Gasteiger partial charge in [0.05, 0.1) is 12.2 Å². The Morgan fingerprint density at radius 1 is 1.32 bits per heavy atom. The third-order valence-electron chi connectivity index (χ3n) is 3.53. The van der Waals surface area contributed by atoms with Gasteiger partial charge < -0.3 is 10.6 Å². The van der Waals surface area contributed by atoms with E-state index >= 15 is 0 Å². The summed E-state index contributed by atoms with van der Waals surface area (Å²) in [5.41, 5.74) is 2.10. The molecule has 2 heterocycles. The van der Waals surface area contributed by atoms with E-state index in [2.05, 4.69) is 27.5 Å². The molecule has 0 saturated heterocycles. The van der Waals surface area contributed by atoms with Gasteiger partial charge in [0.15, 0.2) is 10.9 Å². The molecule has 0 saturated carbocycles. The average molecular weight is 490 g/mol. The van der Waals surface area contributed by atoms with E-state index < -0.39 is 0 Å². The van der Waals surface area contributed by atoms with Gasteiger partial charge in [-0.2, -0.15) is 0 Å². The third-order valence-corrected chi connectivity index (χ3v) is 4.67. The number of nitrogens with zero attached hydrogens (tertiary/aromatic N) is 3. The quantitative estimate of drug-likeness (QED) is 0.313. The normalized spacial score (nSPS) is 11.4. The molecule has 0 aliphatic heterocycles. The summed E-state index contributed by atoms with van der Waals surface area (Å²) in [6, 6.07) is 7.91. The SMILES string of the molecule is CCNC(=NCc1cn2ccsc2n1)NCCc1ccccc1Cl.I. The van der Waals surface area contributed by atoms with Crippen molar-refractivity contribution >= 4 is 57.8 Å². The number of aliphatic imine (C=N–C) groups is 1. The maximum absolute atomic E-state index is 6.19. The summed E-state index contributed by atoms with van der Waals surface area (Å²) < 4.78 is 2.02. The zero-order valence-electron chi connectivity index (χ0n) is 13.9. The zero-order chi connectivity index (χ0) is 16.8. The minimum Gasteiger partial charge on any atom is -0.357 e. The predicted octanol–water partition coefficient (Wildman–Crippen LogP) is 3.97. The minimum absolute atomic E-state index is 0. The van der Waals surface area contributed by atoms with Crippen molar-refractivity contribution in [3.05, 3.63) is 58.3 Å². The fraction of sp³-hybridized carbons (Fsp3) is 0.294. The van der Waals surface area contributed by atoms with Crippen LogP contribution in [0.1, 0.15) is 18.2 Å². The van der Waals surface area contributed by atoms with Gasteiger partial charge in [0.2, 0.25) is 0 Å². The van der Waals surface area contributed by atoms with Crippen LogP contribution in [-0.4, -0.2) is 28.4 Å². The smallest absolute Gasteiger partial charge is 0.193 e. The zero-order valence-corrected chi connectivity index (χ0v) is 17.8. The van der Waals surface area contributed by atoms with Gasteiger partial charge in [0.1, 0.15) is 0 Å². The van der Waals surface area contributed by atoms with Crippen LogP contribution in [-0.2, 0) is 13.0 Å². The van der Waals surface area contributed by atoms with Crippen molar-refractivity contribution in [2.24, 2.45) is 4.99 Å². The van der Waals surface area contributed by atoms with Crippen LogP contribution < -0.4 is 10.6 Å². The van der Waals surface area contributed by atoms with E-state index in [0.717, 1.165) is 46.7 Å². The molecule has 5 nitrogen and oxygen atoms in total. The average Bonchev–Trinajstić information content (AvgIpc) is 3.16. The molecule has 134 valence electrons. The molecule has 2 N–H and O–H groups in total. The van der Waals surface area contributed by atoms with Gasteiger partial charge in [-0.15, -0.1) is 35.3 Å². The molecule has 0 unspecified atom stereocenters. The fourth-order valence-electron chi connectivity index (χ4n) is 2.37. The highest BCUT2D eigenvalue weighted by molar-refractivity contribution is 14.0. The van der Waals surface area contributed by atoms with E-state index in [0.29, 0.717) is 6.54 Å². The third kappa shape index (κ3) is 5.58. The van der Waals surface area contributed by atoms with Crippen LogP contribution >= 0.6 is 46.9 Å². The monoisotopic (exact) mass is 489 g/mol. The van der Waals surface area contributed by atoms with E-state index in [4.69, 9.17) is 11.6 Å². The Labute approximate surface area is 173 Å². The fourth-order valence-corrected chi connectivity index (χ4v) is 3.32. The molecule has 8 heteroatoms. The van der Waals surface area contributed by atoms with Crippen molar-refractivity contribution in [3.63, 3.8) is 0 Å². The van der Waals surface area contributed by atoms with Crippen molar-refractivity contribution in [3.8, 4) is 0 Å². The number of aromatic nitrogens is 2. The number of rotatable bonds is 6. The Hall–Kier alpha value is -1.32. The number of nitrogens with one attached hydrogen (secondary N) is 2. The van der Waals surface area contributed by atoms with E-state index in [9.17, 15) is 0 Å². The second-order valence-corrected chi connectivity index (χ2v) is 6.57. The first-order valence-electron chi connectivity index (χ1n) is 7.93. The lowest BCUT2D eigenvalue weighted by Crippen LogP contribution is -2.38. The first kappa shape index (κ1) is 20.0. The number of hydrogen-bond acceptors (Lipinski definition) is 3. The molecule has 3 rings (SSSR count). The maximum Gasteiger partial charge on any atom is 0.193 e. The highest BCUT2D eigenvalue weighted by Crippen LogP contribution is 2.15. The molecule has 0 aliphatic rings. The topological polar surface area (TPSA) is 53.7 Å². The molecule has 0 spiro atoms. The van der Waals surface area contributed by atoms with Gasteiger partial charge in [-0.1, -0.05) is 29.8 Å². The molecule has 25 heavy (non-hydrogen) atoms. The van der Waals surface area contributed by atoms with Gasteiger partial charge in [-0.25, -0.2) is 9.98 Å². The van der Waals surface area contributed by atoms with Crippen molar-refractivity contribution < 1.29 is 0 Å². The van der Waals surface area contributed by atoms with Crippen LogP contribution in [0.4, 0.5) is 0 Å². The Balaban J connectivity index is 0.00000225. The molecular formula is C17H21ClIN5S. The van der Waals surface area contributed by atoms with Crippen LogP contribution in [0.5, 0.6) is 0 Å². The predicted molar refractivity (Wildman–Crippen MR) is 116 cm³/mol. The molecule has 2 aromatic heterocycles. The molecular weight excluding hydrogens is 469 g/mol. The highest BCUT2D eigenvalue weighted by atomic mass is 127. The summed E-state index contributed by atoms with van der Waals surface area (Å²) in [4.78, 5) is 10.1. The Morgan fingerprint density at radius 3 is 2.92 bits per heavy atom. The first-order chi connectivity index (χ1) is 11.8. The molecule has 0 atom stereocenters. The van der Waals surface area contributed by atoms with Crippen LogP contribution in [0, 0.1) is 0 Å². The Bertz CT molecular complexity index is 801. The van der Waals surface area contributed by atoms with Gasteiger partial charge in [0.25, 0.3) is 0 Å². The summed E-state index contributed by atoms with van der Waals surface area (Å²) in [5, 5.41) is 9.43. The first-order valence-corrected chi connectivity index (χ1v) is 9.18. The standard InChI is InChI=1S/C17H20ClN5S.HI/c1-2-19-16(20-8-7-13-5-3-4-6-15(13)18)21-11-14-12-23-9-10-24-17(23)22-14;/h3-6,9-10,12H,2,7-8,11H2,1H3,(H2,19,20,21);1H. The molecule has 1 aromatic carbocycles. The maximum atomic E-state index is 6.19. The van der Waals surface area contributed by atoms with Crippen LogP contribution in [0.3, 0.4) is 0 Å². The summed E-state index contributed by atoms with van der Waals surface area (Å²) in [6.07, 6.45) is 4.88. The number of guanidine groups is 1. The molecule has 0 aliphatic carbocycles. The van der Waals surface area contributed by atoms with Crippen LogP contribution in [0.25, 0.3) is 4.96 Å². The van der Waals surface area contributed by atoms with E-state index in [-0.39, 0.29) is 24.0 Å². The van der Waals surface area contributed by atoms with Crippen molar-refractivity contribution in [1.29, 1.82) is 0 Å². The molecule has 0 amide bonds. The van der Waals surface area contributed by atoms with Gasteiger partial charge in [-0.3, -0.25) is 4.40 Å². The van der Waals surface area contributed by atoms with Crippen molar-refractivity contribution in [2.45, 2.75) is 19.9 Å². The van der Waals surface area contributed by atoms with E-state index in [1.54, 1.807) is 11.3 Å². The molecule has 3 aromatic rings. The van der Waals surface area contributed by atoms with Gasteiger partial charge in [0, 0.05) is 35.9 Å². The van der Waals surface area contributed by atoms with Crippen molar-refractivity contribution in [2.75, 3.05) is 13.1 Å². The number of benzene rings is 1. The highest BCUT2D eigenvalue weighted by Gasteiger charge is 2.04. The molecule has 0 radical (unpaired) electrons. The summed E-state index contributed by atoms with van der Waals surface area (Å²) in [7, 11) is 0. The number of thiazole rings is 1. The van der Waals surface area contributed by atoms with Gasteiger partial charge in [-0.05, 0) is 25.0 Å². The second-order valence-electron chi connectivity index (χ2n) is 5.29. The lowest BCUT2D eigenvalue weighted by Gasteiger charge is -2.11. The largest absolute Gasteiger partial charge is 0.357 e. The summed E-state index contributed by atoms with van der Waals surface area (Å²) in [6.45, 7) is 4.19. The minimum atomic E-state index is 0. The Kier molecular flexibility index (Phi) is 7.98. The van der Waals surface area contributed by atoms with Crippen molar-refractivity contribution in [1.82, 2.24) is 20.0 Å². The van der Waals surface area contributed by atoms with E-state index in [1.165, 1.54) is 0 Å². The number of hydrogen-bond donors (Lipinski definition) is 2.